The molecular formula is C13H10ClIS. The SMILES string of the molecule is ClCc1ccc(Sc2ccccc2)cc1I. The van der Waals surface area contributed by atoms with E-state index in [2.05, 4.69) is 65.1 Å². The second-order valence-corrected chi connectivity index (χ2v) is 5.88. The molecule has 82 valence electrons. The molecule has 0 saturated carbocycles. The summed E-state index contributed by atoms with van der Waals surface area (Å²) in [6, 6.07) is 16.8. The van der Waals surface area contributed by atoms with Crippen LogP contribution in [0.5, 0.6) is 0 Å². The lowest BCUT2D eigenvalue weighted by atomic mass is 10.2. The van der Waals surface area contributed by atoms with Gasteiger partial charge < -0.3 is 0 Å². The van der Waals surface area contributed by atoms with E-state index in [1.807, 2.05) is 6.07 Å². The Morgan fingerprint density at radius 3 is 2.38 bits per heavy atom. The Bertz CT molecular complexity index is 471. The summed E-state index contributed by atoms with van der Waals surface area (Å²) in [6.07, 6.45) is 0. The van der Waals surface area contributed by atoms with Crippen LogP contribution in [0.15, 0.2) is 58.3 Å². The molecule has 0 saturated heterocycles. The Labute approximate surface area is 119 Å². The third-order valence-electron chi connectivity index (χ3n) is 2.15. The highest BCUT2D eigenvalue weighted by atomic mass is 127. The molecule has 16 heavy (non-hydrogen) atoms. The topological polar surface area (TPSA) is 0 Å². The molecule has 2 aromatic carbocycles. The minimum Gasteiger partial charge on any atom is -0.122 e. The second kappa shape index (κ2) is 5.94. The average Bonchev–Trinajstić information content (AvgIpc) is 2.31. The van der Waals surface area contributed by atoms with Gasteiger partial charge >= 0.3 is 0 Å². The number of alkyl halides is 1. The van der Waals surface area contributed by atoms with Crippen molar-refractivity contribution in [2.45, 2.75) is 15.7 Å². The van der Waals surface area contributed by atoms with Crippen molar-refractivity contribution in [2.75, 3.05) is 0 Å². The molecule has 0 atom stereocenters. The lowest BCUT2D eigenvalue weighted by molar-refractivity contribution is 1.30. The number of rotatable bonds is 3. The quantitative estimate of drug-likeness (QED) is 0.537. The number of halogens is 2. The van der Waals surface area contributed by atoms with Crippen molar-refractivity contribution in [2.24, 2.45) is 0 Å². The van der Waals surface area contributed by atoms with E-state index in [0.29, 0.717) is 5.88 Å². The molecule has 0 spiro atoms. The fourth-order valence-electron chi connectivity index (χ4n) is 1.32. The molecule has 0 nitrogen and oxygen atoms in total. The van der Waals surface area contributed by atoms with E-state index in [0.717, 1.165) is 0 Å². The van der Waals surface area contributed by atoms with Crippen molar-refractivity contribution < 1.29 is 0 Å². The molecule has 2 rings (SSSR count). The van der Waals surface area contributed by atoms with Gasteiger partial charge in [-0.1, -0.05) is 36.0 Å². The molecule has 0 aromatic heterocycles. The van der Waals surface area contributed by atoms with Crippen LogP contribution in [0.3, 0.4) is 0 Å². The Morgan fingerprint density at radius 1 is 1.00 bits per heavy atom. The van der Waals surface area contributed by atoms with E-state index >= 15 is 0 Å². The fraction of sp³-hybridized carbons (Fsp3) is 0.0769. The molecular weight excluding hydrogens is 351 g/mol. The van der Waals surface area contributed by atoms with Crippen LogP contribution >= 0.6 is 46.0 Å². The molecule has 2 aromatic rings. The zero-order valence-electron chi connectivity index (χ0n) is 8.49. The van der Waals surface area contributed by atoms with Gasteiger partial charge in [0.05, 0.1) is 0 Å². The first-order valence-corrected chi connectivity index (χ1v) is 7.30. The molecule has 0 N–H and O–H groups in total. The summed E-state index contributed by atoms with van der Waals surface area (Å²) in [5.74, 6) is 0.578. The zero-order chi connectivity index (χ0) is 11.4. The Balaban J connectivity index is 2.20. The monoisotopic (exact) mass is 360 g/mol. The summed E-state index contributed by atoms with van der Waals surface area (Å²) < 4.78 is 1.23. The standard InChI is InChI=1S/C13H10ClIS/c14-9-10-6-7-12(8-13(10)15)16-11-4-2-1-3-5-11/h1-8H,9H2. The summed E-state index contributed by atoms with van der Waals surface area (Å²) >= 11 is 9.94. The molecule has 0 aliphatic rings. The van der Waals surface area contributed by atoms with Crippen LogP contribution in [0, 0.1) is 3.57 Å². The van der Waals surface area contributed by atoms with Crippen LogP contribution in [0.25, 0.3) is 0 Å². The van der Waals surface area contributed by atoms with Crippen LogP contribution in [0.2, 0.25) is 0 Å². The molecule has 0 amide bonds. The van der Waals surface area contributed by atoms with Crippen molar-refractivity contribution >= 4 is 46.0 Å². The summed E-state index contributed by atoms with van der Waals surface area (Å²) in [4.78, 5) is 2.52. The largest absolute Gasteiger partial charge is 0.122 e. The second-order valence-electron chi connectivity index (χ2n) is 3.30. The summed E-state index contributed by atoms with van der Waals surface area (Å²) in [6.45, 7) is 0. The van der Waals surface area contributed by atoms with Crippen molar-refractivity contribution in [1.82, 2.24) is 0 Å². The smallest absolute Gasteiger partial charge is 0.0484 e. The van der Waals surface area contributed by atoms with E-state index in [9.17, 15) is 0 Å². The first-order valence-electron chi connectivity index (χ1n) is 4.87. The lowest BCUT2D eigenvalue weighted by Crippen LogP contribution is -1.84. The van der Waals surface area contributed by atoms with Gasteiger partial charge in [0.15, 0.2) is 0 Å². The van der Waals surface area contributed by atoms with Crippen LogP contribution in [0.1, 0.15) is 5.56 Å². The lowest BCUT2D eigenvalue weighted by Gasteiger charge is -2.05. The Kier molecular flexibility index (Phi) is 4.55. The molecule has 0 bridgehead atoms. The zero-order valence-corrected chi connectivity index (χ0v) is 12.2. The predicted molar refractivity (Wildman–Crippen MR) is 79.3 cm³/mol. The maximum Gasteiger partial charge on any atom is 0.0484 e. The molecule has 0 aliphatic carbocycles. The van der Waals surface area contributed by atoms with Gasteiger partial charge in [-0.05, 0) is 52.4 Å². The molecule has 3 heteroatoms. The van der Waals surface area contributed by atoms with Crippen molar-refractivity contribution in [3.63, 3.8) is 0 Å². The third kappa shape index (κ3) is 3.15. The van der Waals surface area contributed by atoms with E-state index in [1.54, 1.807) is 11.8 Å². The van der Waals surface area contributed by atoms with Gasteiger partial charge in [-0.25, -0.2) is 0 Å². The highest BCUT2D eigenvalue weighted by molar-refractivity contribution is 14.1. The van der Waals surface area contributed by atoms with Gasteiger partial charge in [-0.3, -0.25) is 0 Å². The average molecular weight is 361 g/mol. The third-order valence-corrected chi connectivity index (χ3v) is 4.44. The number of hydrogen-bond donors (Lipinski definition) is 0. The fourth-order valence-corrected chi connectivity index (χ4v) is 3.58. The normalized spacial score (nSPS) is 10.4. The minimum atomic E-state index is 0.578. The Hall–Kier alpha value is -0.190. The van der Waals surface area contributed by atoms with Crippen LogP contribution < -0.4 is 0 Å². The van der Waals surface area contributed by atoms with E-state index in [4.69, 9.17) is 11.6 Å². The molecule has 0 radical (unpaired) electrons. The maximum absolute atomic E-state index is 5.83. The number of benzene rings is 2. The van der Waals surface area contributed by atoms with Gasteiger partial charge in [-0.2, -0.15) is 0 Å². The van der Waals surface area contributed by atoms with Crippen LogP contribution in [-0.4, -0.2) is 0 Å². The highest BCUT2D eigenvalue weighted by Crippen LogP contribution is 2.29. The minimum absolute atomic E-state index is 0.578. The van der Waals surface area contributed by atoms with E-state index < -0.39 is 0 Å². The van der Waals surface area contributed by atoms with E-state index in [1.165, 1.54) is 18.9 Å². The first kappa shape index (κ1) is 12.3. The first-order chi connectivity index (χ1) is 7.79. The Morgan fingerprint density at radius 2 is 1.75 bits per heavy atom. The van der Waals surface area contributed by atoms with Gasteiger partial charge in [-0.15, -0.1) is 11.6 Å². The van der Waals surface area contributed by atoms with Crippen molar-refractivity contribution in [1.29, 1.82) is 0 Å². The summed E-state index contributed by atoms with van der Waals surface area (Å²) in [5.41, 5.74) is 1.19. The van der Waals surface area contributed by atoms with Gasteiger partial charge in [0.25, 0.3) is 0 Å². The summed E-state index contributed by atoms with van der Waals surface area (Å²) in [7, 11) is 0. The van der Waals surface area contributed by atoms with Gasteiger partial charge in [0, 0.05) is 19.2 Å². The molecule has 0 aliphatic heterocycles. The van der Waals surface area contributed by atoms with Crippen molar-refractivity contribution in [3.05, 3.63) is 57.7 Å². The van der Waals surface area contributed by atoms with Gasteiger partial charge in [0.1, 0.15) is 0 Å². The summed E-state index contributed by atoms with van der Waals surface area (Å²) in [5, 5.41) is 0. The maximum atomic E-state index is 5.83. The van der Waals surface area contributed by atoms with E-state index in [-0.39, 0.29) is 0 Å². The highest BCUT2D eigenvalue weighted by Gasteiger charge is 2.01. The van der Waals surface area contributed by atoms with Crippen LogP contribution in [-0.2, 0) is 5.88 Å². The van der Waals surface area contributed by atoms with Crippen molar-refractivity contribution in [3.8, 4) is 0 Å². The number of hydrogen-bond acceptors (Lipinski definition) is 1. The van der Waals surface area contributed by atoms with Gasteiger partial charge in [0.2, 0.25) is 0 Å². The van der Waals surface area contributed by atoms with Crippen LogP contribution in [0.4, 0.5) is 0 Å². The molecule has 0 unspecified atom stereocenters. The predicted octanol–water partition coefficient (Wildman–Crippen LogP) is 5.18. The molecule has 0 fully saturated rings. The molecule has 0 heterocycles.